The molecule has 0 bridgehead atoms. The number of hydrogen-bond acceptors (Lipinski definition) is 3. The lowest BCUT2D eigenvalue weighted by Crippen LogP contribution is -2.45. The van der Waals surface area contributed by atoms with E-state index >= 15 is 0 Å². The average Bonchev–Trinajstić information content (AvgIpc) is 2.96. The Morgan fingerprint density at radius 3 is 2.62 bits per heavy atom. The van der Waals surface area contributed by atoms with Crippen LogP contribution in [0.25, 0.3) is 11.2 Å². The number of hydrogen-bond donors (Lipinski definition) is 2. The zero-order valence-corrected chi connectivity index (χ0v) is 13.6. The summed E-state index contributed by atoms with van der Waals surface area (Å²) in [5.74, 6) is 0.102. The van der Waals surface area contributed by atoms with E-state index < -0.39 is 23.4 Å². The summed E-state index contributed by atoms with van der Waals surface area (Å²) < 4.78 is 28.8. The van der Waals surface area contributed by atoms with Crippen LogP contribution in [-0.2, 0) is 13.6 Å². The second-order valence-corrected chi connectivity index (χ2v) is 6.85. The van der Waals surface area contributed by atoms with Crippen molar-refractivity contribution in [3.8, 4) is 0 Å². The van der Waals surface area contributed by atoms with Gasteiger partial charge in [-0.25, -0.2) is 13.9 Å². The summed E-state index contributed by atoms with van der Waals surface area (Å²) in [6, 6.07) is 0. The van der Waals surface area contributed by atoms with E-state index in [1.807, 2.05) is 0 Å². The number of aromatic nitrogens is 4. The highest BCUT2D eigenvalue weighted by Crippen LogP contribution is 2.32. The predicted octanol–water partition coefficient (Wildman–Crippen LogP) is 0.652. The van der Waals surface area contributed by atoms with Gasteiger partial charge in [-0.05, 0) is 38.5 Å². The molecule has 132 valence electrons. The molecule has 0 amide bonds. The highest BCUT2D eigenvalue weighted by molar-refractivity contribution is 5.65. The van der Waals surface area contributed by atoms with Crippen LogP contribution in [0.15, 0.2) is 15.9 Å². The molecule has 2 heterocycles. The Morgan fingerprint density at radius 2 is 2.04 bits per heavy atom. The van der Waals surface area contributed by atoms with E-state index in [4.69, 9.17) is 0 Å². The Balaban J connectivity index is 2.01. The van der Waals surface area contributed by atoms with Crippen LogP contribution in [0.4, 0.5) is 8.78 Å². The smallest absolute Gasteiger partial charge is 0.389 e. The van der Waals surface area contributed by atoms with Crippen molar-refractivity contribution in [2.45, 2.75) is 51.3 Å². The molecule has 2 aromatic rings. The lowest BCUT2D eigenvalue weighted by Gasteiger charge is -2.33. The third-order valence-corrected chi connectivity index (χ3v) is 4.94. The summed E-state index contributed by atoms with van der Waals surface area (Å²) in [6.07, 6.45) is 3.65. The zero-order valence-electron chi connectivity index (χ0n) is 13.6. The standard InChI is InChI=1S/C15H20F2N4O3/c1-15(24)5-3-9(4-6-15)7-20-12(22)10-11(19(2)14(20)23)21(8-18-10)13(16)17/h8-9,13,24H,3-7H2,1-2H3/p+1. The van der Waals surface area contributed by atoms with E-state index in [0.29, 0.717) is 30.3 Å². The third-order valence-electron chi connectivity index (χ3n) is 4.94. The van der Waals surface area contributed by atoms with Gasteiger partial charge in [-0.3, -0.25) is 9.78 Å². The summed E-state index contributed by atoms with van der Waals surface area (Å²) in [4.78, 5) is 27.6. The maximum Gasteiger partial charge on any atom is 0.389 e. The molecule has 0 spiro atoms. The number of nitrogens with zero attached hydrogens (tertiary/aromatic N) is 3. The topological polar surface area (TPSA) is 83.9 Å². The maximum absolute atomic E-state index is 13.0. The quantitative estimate of drug-likeness (QED) is 0.803. The van der Waals surface area contributed by atoms with Crippen molar-refractivity contribution in [2.24, 2.45) is 13.0 Å². The van der Waals surface area contributed by atoms with Crippen molar-refractivity contribution >= 4 is 11.2 Å². The van der Waals surface area contributed by atoms with Crippen LogP contribution >= 0.6 is 0 Å². The number of aryl methyl sites for hydroxylation is 1. The molecule has 2 aromatic heterocycles. The average molecular weight is 343 g/mol. The van der Waals surface area contributed by atoms with Crippen LogP contribution in [0.3, 0.4) is 0 Å². The number of nitrogens with one attached hydrogen (secondary N) is 1. The molecule has 0 radical (unpaired) electrons. The molecular weight excluding hydrogens is 322 g/mol. The number of halogens is 2. The first-order valence-corrected chi connectivity index (χ1v) is 7.94. The van der Waals surface area contributed by atoms with Gasteiger partial charge in [0.15, 0.2) is 6.33 Å². The number of aromatic amines is 1. The predicted molar refractivity (Wildman–Crippen MR) is 81.8 cm³/mol. The Morgan fingerprint density at radius 1 is 1.42 bits per heavy atom. The van der Waals surface area contributed by atoms with Gasteiger partial charge < -0.3 is 5.11 Å². The number of alkyl halides is 2. The van der Waals surface area contributed by atoms with Crippen LogP contribution < -0.4 is 15.8 Å². The molecule has 1 saturated carbocycles. The molecule has 9 heteroatoms. The van der Waals surface area contributed by atoms with Gasteiger partial charge in [-0.1, -0.05) is 0 Å². The lowest BCUT2D eigenvalue weighted by molar-refractivity contribution is -0.753. The summed E-state index contributed by atoms with van der Waals surface area (Å²) >= 11 is 0. The molecule has 1 fully saturated rings. The molecule has 0 aliphatic heterocycles. The van der Waals surface area contributed by atoms with Crippen molar-refractivity contribution in [2.75, 3.05) is 0 Å². The Kier molecular flexibility index (Phi) is 4.06. The van der Waals surface area contributed by atoms with Crippen LogP contribution in [0.5, 0.6) is 0 Å². The second kappa shape index (κ2) is 5.80. The first-order valence-electron chi connectivity index (χ1n) is 7.94. The fourth-order valence-corrected chi connectivity index (χ4v) is 3.43. The Hall–Kier alpha value is -2.03. The van der Waals surface area contributed by atoms with Gasteiger partial charge in [-0.15, -0.1) is 0 Å². The molecule has 0 aromatic carbocycles. The highest BCUT2D eigenvalue weighted by atomic mass is 19.3. The monoisotopic (exact) mass is 343 g/mol. The van der Waals surface area contributed by atoms with Gasteiger partial charge in [0.2, 0.25) is 5.52 Å². The summed E-state index contributed by atoms with van der Waals surface area (Å²) in [6.45, 7) is -0.839. The number of fused-ring (bicyclic) bond motifs is 1. The molecule has 0 atom stereocenters. The van der Waals surface area contributed by atoms with Crippen LogP contribution in [-0.4, -0.2) is 24.8 Å². The third kappa shape index (κ3) is 2.77. The minimum atomic E-state index is -2.85. The van der Waals surface area contributed by atoms with Crippen LogP contribution in [0.1, 0.15) is 39.2 Å². The zero-order chi connectivity index (χ0) is 17.6. The highest BCUT2D eigenvalue weighted by Gasteiger charge is 2.31. The number of aliphatic hydroxyl groups is 1. The largest absolute Gasteiger partial charge is 0.390 e. The fraction of sp³-hybridized carbons (Fsp3) is 0.667. The van der Waals surface area contributed by atoms with E-state index in [0.717, 1.165) is 15.5 Å². The van der Waals surface area contributed by atoms with Crippen molar-refractivity contribution < 1.29 is 18.5 Å². The summed E-state index contributed by atoms with van der Waals surface area (Å²) in [5.41, 5.74) is -2.04. The molecule has 2 N–H and O–H groups in total. The molecule has 24 heavy (non-hydrogen) atoms. The van der Waals surface area contributed by atoms with Crippen molar-refractivity contribution in [1.82, 2.24) is 14.1 Å². The van der Waals surface area contributed by atoms with Gasteiger partial charge in [0.05, 0.1) is 12.6 Å². The van der Waals surface area contributed by atoms with E-state index in [-0.39, 0.29) is 23.6 Å². The SMILES string of the molecule is Cn1c(=O)n(CC2CCC(C)(O)CC2)c(=O)c2[nH]c[n+](C(F)F)c21. The first-order chi connectivity index (χ1) is 11.2. The van der Waals surface area contributed by atoms with E-state index in [1.165, 1.54) is 7.05 Å². The van der Waals surface area contributed by atoms with E-state index in [1.54, 1.807) is 6.92 Å². The molecular formula is C15H21F2N4O3+. The summed E-state index contributed by atoms with van der Waals surface area (Å²) in [5, 5.41) is 9.99. The van der Waals surface area contributed by atoms with Crippen LogP contribution in [0, 0.1) is 5.92 Å². The second-order valence-electron chi connectivity index (χ2n) is 6.85. The van der Waals surface area contributed by atoms with Crippen molar-refractivity contribution in [1.29, 1.82) is 0 Å². The Labute approximate surface area is 136 Å². The van der Waals surface area contributed by atoms with Gasteiger partial charge in [0.1, 0.15) is 0 Å². The molecule has 1 aliphatic carbocycles. The fourth-order valence-electron chi connectivity index (χ4n) is 3.43. The minimum Gasteiger partial charge on any atom is -0.390 e. The van der Waals surface area contributed by atoms with Crippen molar-refractivity contribution in [3.05, 3.63) is 27.2 Å². The molecule has 7 nitrogen and oxygen atoms in total. The van der Waals surface area contributed by atoms with Gasteiger partial charge in [-0.2, -0.15) is 13.3 Å². The van der Waals surface area contributed by atoms with Crippen LogP contribution in [0.2, 0.25) is 0 Å². The minimum absolute atomic E-state index is 0.0137. The first kappa shape index (κ1) is 16.8. The molecule has 3 rings (SSSR count). The molecule has 0 unspecified atom stereocenters. The van der Waals surface area contributed by atoms with Crippen molar-refractivity contribution in [3.63, 3.8) is 0 Å². The van der Waals surface area contributed by atoms with Gasteiger partial charge in [0.25, 0.3) is 5.65 Å². The normalized spacial score (nSPS) is 24.8. The van der Waals surface area contributed by atoms with Gasteiger partial charge in [0, 0.05) is 6.54 Å². The van der Waals surface area contributed by atoms with Gasteiger partial charge >= 0.3 is 17.8 Å². The maximum atomic E-state index is 13.0. The van der Waals surface area contributed by atoms with E-state index in [2.05, 4.69) is 4.98 Å². The molecule has 1 aliphatic rings. The lowest BCUT2D eigenvalue weighted by atomic mass is 9.80. The molecule has 0 saturated heterocycles. The number of rotatable bonds is 3. The number of imidazole rings is 1. The number of H-pyrrole nitrogens is 1. The summed E-state index contributed by atoms with van der Waals surface area (Å²) in [7, 11) is 1.37. The van der Waals surface area contributed by atoms with E-state index in [9.17, 15) is 23.5 Å². The Bertz CT molecular complexity index is 871.